The number of hydrogen-bond donors (Lipinski definition) is 1. The number of rotatable bonds is 9. The second-order valence-corrected chi connectivity index (χ2v) is 8.95. The lowest BCUT2D eigenvalue weighted by Gasteiger charge is -2.08. The SMILES string of the molecule is O=C(O)CCc1ccc2c(c1)c(CCc1ccccc1)cn2-c1ccc(Cc2ccncc2)cc1. The topological polar surface area (TPSA) is 55.1 Å². The van der Waals surface area contributed by atoms with E-state index in [0.717, 1.165) is 36.0 Å². The number of carboxylic acids is 1. The summed E-state index contributed by atoms with van der Waals surface area (Å²) in [4.78, 5) is 15.2. The number of aliphatic carboxylic acids is 1. The monoisotopic (exact) mass is 460 g/mol. The number of carbonyl (C=O) groups is 1. The zero-order chi connectivity index (χ0) is 24.0. The van der Waals surface area contributed by atoms with Crippen molar-refractivity contribution in [2.75, 3.05) is 0 Å². The minimum Gasteiger partial charge on any atom is -0.481 e. The third kappa shape index (κ3) is 5.49. The number of aryl methyl sites for hydroxylation is 3. The number of carboxylic acid groups (broad SMARTS) is 1. The average molecular weight is 461 g/mol. The van der Waals surface area contributed by atoms with Crippen molar-refractivity contribution in [3.8, 4) is 5.69 Å². The van der Waals surface area contributed by atoms with Gasteiger partial charge in [0.05, 0.1) is 5.52 Å². The van der Waals surface area contributed by atoms with Crippen LogP contribution < -0.4 is 0 Å². The molecule has 0 radical (unpaired) electrons. The number of pyridine rings is 1. The van der Waals surface area contributed by atoms with E-state index < -0.39 is 5.97 Å². The summed E-state index contributed by atoms with van der Waals surface area (Å²) in [6.45, 7) is 0. The first-order chi connectivity index (χ1) is 17.2. The third-order valence-corrected chi connectivity index (χ3v) is 6.48. The molecule has 2 heterocycles. The van der Waals surface area contributed by atoms with E-state index in [1.807, 2.05) is 30.6 Å². The lowest BCUT2D eigenvalue weighted by molar-refractivity contribution is -0.136. The molecule has 4 nitrogen and oxygen atoms in total. The molecule has 0 aliphatic rings. The van der Waals surface area contributed by atoms with Gasteiger partial charge >= 0.3 is 5.97 Å². The Bertz CT molecular complexity index is 1420. The zero-order valence-corrected chi connectivity index (χ0v) is 19.6. The highest BCUT2D eigenvalue weighted by Gasteiger charge is 2.12. The Balaban J connectivity index is 1.46. The van der Waals surface area contributed by atoms with Crippen molar-refractivity contribution >= 4 is 16.9 Å². The molecule has 1 N–H and O–H groups in total. The van der Waals surface area contributed by atoms with Crippen LogP contribution in [0.5, 0.6) is 0 Å². The number of nitrogens with zero attached hydrogens (tertiary/aromatic N) is 2. The van der Waals surface area contributed by atoms with Crippen LogP contribution in [0.15, 0.2) is 104 Å². The number of aromatic nitrogens is 2. The van der Waals surface area contributed by atoms with Crippen LogP contribution in [0.25, 0.3) is 16.6 Å². The lowest BCUT2D eigenvalue weighted by Crippen LogP contribution is -1.97. The molecule has 35 heavy (non-hydrogen) atoms. The molecule has 174 valence electrons. The van der Waals surface area contributed by atoms with Crippen molar-refractivity contribution in [2.45, 2.75) is 32.1 Å². The molecule has 5 aromatic rings. The first-order valence-corrected chi connectivity index (χ1v) is 12.0. The maximum Gasteiger partial charge on any atom is 0.303 e. The van der Waals surface area contributed by atoms with Gasteiger partial charge in [-0.3, -0.25) is 9.78 Å². The van der Waals surface area contributed by atoms with Gasteiger partial charge in [-0.2, -0.15) is 0 Å². The highest BCUT2D eigenvalue weighted by atomic mass is 16.4. The van der Waals surface area contributed by atoms with E-state index in [9.17, 15) is 4.79 Å². The highest BCUT2D eigenvalue weighted by molar-refractivity contribution is 5.86. The minimum absolute atomic E-state index is 0.143. The van der Waals surface area contributed by atoms with E-state index in [4.69, 9.17) is 5.11 Å². The molecular formula is C31H28N2O2. The summed E-state index contributed by atoms with van der Waals surface area (Å²) in [5.74, 6) is -0.765. The maximum atomic E-state index is 11.1. The fraction of sp³-hybridized carbons (Fsp3) is 0.161. The van der Waals surface area contributed by atoms with Crippen LogP contribution in [0.3, 0.4) is 0 Å². The molecule has 2 aromatic heterocycles. The average Bonchev–Trinajstić information content (AvgIpc) is 3.26. The first kappa shape index (κ1) is 22.6. The zero-order valence-electron chi connectivity index (χ0n) is 19.6. The quantitative estimate of drug-likeness (QED) is 0.276. The van der Waals surface area contributed by atoms with Crippen molar-refractivity contribution < 1.29 is 9.90 Å². The van der Waals surface area contributed by atoms with Crippen molar-refractivity contribution in [3.05, 3.63) is 131 Å². The minimum atomic E-state index is -0.765. The normalized spacial score (nSPS) is 11.1. The van der Waals surface area contributed by atoms with E-state index in [1.54, 1.807) is 0 Å². The number of benzene rings is 3. The maximum absolute atomic E-state index is 11.1. The van der Waals surface area contributed by atoms with Crippen molar-refractivity contribution in [2.24, 2.45) is 0 Å². The molecule has 0 amide bonds. The smallest absolute Gasteiger partial charge is 0.303 e. The fourth-order valence-electron chi connectivity index (χ4n) is 4.60. The molecule has 0 aliphatic carbocycles. The van der Waals surface area contributed by atoms with Crippen LogP contribution >= 0.6 is 0 Å². The first-order valence-electron chi connectivity index (χ1n) is 12.0. The molecule has 0 atom stereocenters. The van der Waals surface area contributed by atoms with Gasteiger partial charge in [-0.05, 0) is 89.9 Å². The van der Waals surface area contributed by atoms with Crippen molar-refractivity contribution in [3.63, 3.8) is 0 Å². The van der Waals surface area contributed by atoms with Crippen LogP contribution in [-0.4, -0.2) is 20.6 Å². The molecule has 4 heteroatoms. The fourth-order valence-corrected chi connectivity index (χ4v) is 4.60. The van der Waals surface area contributed by atoms with Gasteiger partial charge in [0, 0.05) is 36.1 Å². The summed E-state index contributed by atoms with van der Waals surface area (Å²) in [7, 11) is 0. The van der Waals surface area contributed by atoms with Gasteiger partial charge in [-0.15, -0.1) is 0 Å². The Hall–Kier alpha value is -4.18. The summed E-state index contributed by atoms with van der Waals surface area (Å²) in [6, 6.07) is 29.7. The summed E-state index contributed by atoms with van der Waals surface area (Å²) < 4.78 is 2.26. The van der Waals surface area contributed by atoms with E-state index >= 15 is 0 Å². The summed E-state index contributed by atoms with van der Waals surface area (Å²) >= 11 is 0. The van der Waals surface area contributed by atoms with Gasteiger partial charge in [0.15, 0.2) is 0 Å². The van der Waals surface area contributed by atoms with Gasteiger partial charge in [0.2, 0.25) is 0 Å². The number of hydrogen-bond acceptors (Lipinski definition) is 2. The number of fused-ring (bicyclic) bond motifs is 1. The van der Waals surface area contributed by atoms with E-state index in [2.05, 4.69) is 82.5 Å². The van der Waals surface area contributed by atoms with Gasteiger partial charge in [-0.25, -0.2) is 0 Å². The lowest BCUT2D eigenvalue weighted by atomic mass is 10.0. The van der Waals surface area contributed by atoms with Gasteiger partial charge in [0.1, 0.15) is 0 Å². The summed E-state index contributed by atoms with van der Waals surface area (Å²) in [5, 5.41) is 10.3. The summed E-state index contributed by atoms with van der Waals surface area (Å²) in [6.07, 6.45) is 9.36. The van der Waals surface area contributed by atoms with Crippen LogP contribution in [0.4, 0.5) is 0 Å². The van der Waals surface area contributed by atoms with Gasteiger partial charge < -0.3 is 9.67 Å². The van der Waals surface area contributed by atoms with Crippen LogP contribution in [0.1, 0.15) is 34.2 Å². The second-order valence-electron chi connectivity index (χ2n) is 8.95. The Morgan fingerprint density at radius 3 is 2.20 bits per heavy atom. The molecule has 0 spiro atoms. The molecule has 3 aromatic carbocycles. The molecule has 5 rings (SSSR count). The van der Waals surface area contributed by atoms with Crippen LogP contribution in [0.2, 0.25) is 0 Å². The molecule has 0 saturated heterocycles. The Kier molecular flexibility index (Phi) is 6.71. The van der Waals surface area contributed by atoms with E-state index in [0.29, 0.717) is 6.42 Å². The standard InChI is InChI=1S/C31H28N2O2/c34-31(35)15-10-25-9-14-30-29(21-25)27(11-6-23-4-2-1-3-5-23)22-33(30)28-12-7-24(8-13-28)20-26-16-18-32-19-17-26/h1-5,7-9,12-14,16-19,21-22H,6,10-11,15,20H2,(H,34,35). The molecule has 0 unspecified atom stereocenters. The summed E-state index contributed by atoms with van der Waals surface area (Å²) in [5.41, 5.74) is 8.43. The largest absolute Gasteiger partial charge is 0.481 e. The van der Waals surface area contributed by atoms with Crippen molar-refractivity contribution in [1.82, 2.24) is 9.55 Å². The Morgan fingerprint density at radius 2 is 1.46 bits per heavy atom. The Morgan fingerprint density at radius 1 is 0.743 bits per heavy atom. The third-order valence-electron chi connectivity index (χ3n) is 6.48. The second kappa shape index (κ2) is 10.4. The molecule has 0 saturated carbocycles. The van der Waals surface area contributed by atoms with E-state index in [-0.39, 0.29) is 6.42 Å². The van der Waals surface area contributed by atoms with Gasteiger partial charge in [-0.1, -0.05) is 48.5 Å². The Labute approximate surface area is 205 Å². The highest BCUT2D eigenvalue weighted by Crippen LogP contribution is 2.28. The predicted octanol–water partition coefficient (Wildman–Crippen LogP) is 6.42. The van der Waals surface area contributed by atoms with E-state index in [1.165, 1.54) is 27.6 Å². The molecule has 0 fully saturated rings. The van der Waals surface area contributed by atoms with Gasteiger partial charge in [0.25, 0.3) is 0 Å². The van der Waals surface area contributed by atoms with Crippen molar-refractivity contribution in [1.29, 1.82) is 0 Å². The van der Waals surface area contributed by atoms with Crippen LogP contribution in [0, 0.1) is 0 Å². The van der Waals surface area contributed by atoms with Crippen LogP contribution in [-0.2, 0) is 30.5 Å². The predicted molar refractivity (Wildman–Crippen MR) is 140 cm³/mol. The molecule has 0 bridgehead atoms. The molecular weight excluding hydrogens is 432 g/mol. The molecule has 0 aliphatic heterocycles.